The Morgan fingerprint density at radius 2 is 1.69 bits per heavy atom. The summed E-state index contributed by atoms with van der Waals surface area (Å²) in [6, 6.07) is 13.8. The molecule has 8 heteroatoms. The van der Waals surface area contributed by atoms with Crippen molar-refractivity contribution in [3.63, 3.8) is 0 Å². The van der Waals surface area contributed by atoms with Gasteiger partial charge >= 0.3 is 0 Å². The number of anilines is 1. The van der Waals surface area contributed by atoms with Crippen molar-refractivity contribution in [3.8, 4) is 0 Å². The number of hydrogen-bond acceptors (Lipinski definition) is 4. The second-order valence-electron chi connectivity index (χ2n) is 5.63. The first-order chi connectivity index (χ1) is 12.4. The maximum Gasteiger partial charge on any atom is 0.242 e. The first-order valence-electron chi connectivity index (χ1n) is 7.76. The van der Waals surface area contributed by atoms with Crippen molar-refractivity contribution in [1.82, 2.24) is 4.90 Å². The highest BCUT2D eigenvalue weighted by atomic mass is 35.5. The molecular weight excluding hydrogens is 393 g/mol. The molecule has 1 heterocycles. The lowest BCUT2D eigenvalue weighted by atomic mass is 10.2. The van der Waals surface area contributed by atoms with Gasteiger partial charge in [-0.3, -0.25) is 14.5 Å². The smallest absolute Gasteiger partial charge is 0.242 e. The first kappa shape index (κ1) is 18.8. The molecule has 0 saturated carbocycles. The number of carbonyl (C=O) groups excluding carboxylic acids is 2. The fourth-order valence-corrected chi connectivity index (χ4v) is 3.74. The van der Waals surface area contributed by atoms with Crippen LogP contribution in [0.1, 0.15) is 6.42 Å². The second-order valence-corrected chi connectivity index (χ2v) is 7.68. The summed E-state index contributed by atoms with van der Waals surface area (Å²) in [4.78, 5) is 30.6. The Morgan fingerprint density at radius 1 is 1.12 bits per heavy atom. The molecule has 1 saturated heterocycles. The number of amides is 2. The van der Waals surface area contributed by atoms with Gasteiger partial charge in [-0.25, -0.2) is 4.99 Å². The third kappa shape index (κ3) is 4.58. The minimum Gasteiger partial charge on any atom is -0.326 e. The summed E-state index contributed by atoms with van der Waals surface area (Å²) in [6.45, 7) is 0. The van der Waals surface area contributed by atoms with Crippen molar-refractivity contribution in [2.24, 2.45) is 4.99 Å². The molecule has 2 aromatic carbocycles. The number of nitrogens with one attached hydrogen (secondary N) is 1. The van der Waals surface area contributed by atoms with Gasteiger partial charge in [-0.1, -0.05) is 35.0 Å². The molecule has 5 nitrogen and oxygen atoms in total. The van der Waals surface area contributed by atoms with E-state index in [2.05, 4.69) is 10.3 Å². The van der Waals surface area contributed by atoms with Gasteiger partial charge in [0.2, 0.25) is 11.8 Å². The number of amidine groups is 1. The Labute approximate surface area is 165 Å². The molecule has 0 unspecified atom stereocenters. The molecule has 1 aliphatic heterocycles. The van der Waals surface area contributed by atoms with E-state index in [-0.39, 0.29) is 18.2 Å². The predicted octanol–water partition coefficient (Wildman–Crippen LogP) is 4.58. The third-order valence-electron chi connectivity index (χ3n) is 3.69. The van der Waals surface area contributed by atoms with Gasteiger partial charge in [-0.15, -0.1) is 0 Å². The zero-order valence-electron chi connectivity index (χ0n) is 13.8. The van der Waals surface area contributed by atoms with Crippen molar-refractivity contribution >= 4 is 63.3 Å². The topological polar surface area (TPSA) is 61.8 Å². The minimum atomic E-state index is -0.502. The van der Waals surface area contributed by atoms with E-state index in [9.17, 15) is 9.59 Å². The lowest BCUT2D eigenvalue weighted by Gasteiger charge is -2.09. The molecule has 2 aromatic rings. The van der Waals surface area contributed by atoms with Crippen LogP contribution in [0.5, 0.6) is 0 Å². The zero-order chi connectivity index (χ0) is 18.7. The second kappa shape index (κ2) is 8.12. The molecule has 26 heavy (non-hydrogen) atoms. The van der Waals surface area contributed by atoms with Gasteiger partial charge in [0, 0.05) is 29.2 Å². The Hall–Kier alpha value is -2.02. The van der Waals surface area contributed by atoms with Gasteiger partial charge in [0.15, 0.2) is 5.17 Å². The number of benzene rings is 2. The Balaban J connectivity index is 1.65. The van der Waals surface area contributed by atoms with E-state index < -0.39 is 5.25 Å². The van der Waals surface area contributed by atoms with Crippen molar-refractivity contribution in [1.29, 1.82) is 0 Å². The van der Waals surface area contributed by atoms with E-state index in [4.69, 9.17) is 23.2 Å². The van der Waals surface area contributed by atoms with Gasteiger partial charge in [-0.2, -0.15) is 0 Å². The SMILES string of the molecule is CN1C(=O)[C@H](CC(=O)Nc2ccc(Cl)cc2)SC1=Nc1ccc(Cl)cc1. The van der Waals surface area contributed by atoms with Gasteiger partial charge in [0.25, 0.3) is 0 Å². The first-order valence-corrected chi connectivity index (χ1v) is 9.40. The molecule has 134 valence electrons. The van der Waals surface area contributed by atoms with Crippen LogP contribution >= 0.6 is 35.0 Å². The number of aliphatic imine (C=N–C) groups is 1. The standard InChI is InChI=1S/C18H15Cl2N3O2S/c1-23-17(25)15(10-16(24)21-13-6-2-11(19)3-7-13)26-18(23)22-14-8-4-12(20)5-9-14/h2-9,15H,10H2,1H3,(H,21,24)/t15-/m0/s1. The summed E-state index contributed by atoms with van der Waals surface area (Å²) in [5, 5.41) is 4.03. The average Bonchev–Trinajstić information content (AvgIpc) is 2.87. The van der Waals surface area contributed by atoms with E-state index in [0.717, 1.165) is 0 Å². The fourth-order valence-electron chi connectivity index (χ4n) is 2.34. The number of halogens is 2. The van der Waals surface area contributed by atoms with E-state index in [0.29, 0.717) is 26.6 Å². The molecule has 0 aliphatic carbocycles. The van der Waals surface area contributed by atoms with Crippen LogP contribution in [0.15, 0.2) is 53.5 Å². The zero-order valence-corrected chi connectivity index (χ0v) is 16.1. The van der Waals surface area contributed by atoms with Crippen LogP contribution in [0.4, 0.5) is 11.4 Å². The molecule has 1 fully saturated rings. The minimum absolute atomic E-state index is 0.0656. The summed E-state index contributed by atoms with van der Waals surface area (Å²) >= 11 is 13.0. The maximum atomic E-state index is 12.4. The Bertz CT molecular complexity index is 854. The number of thioether (sulfide) groups is 1. The molecule has 1 N–H and O–H groups in total. The highest BCUT2D eigenvalue weighted by molar-refractivity contribution is 8.15. The van der Waals surface area contributed by atoms with Crippen LogP contribution in [-0.2, 0) is 9.59 Å². The number of nitrogens with zero attached hydrogens (tertiary/aromatic N) is 2. The van der Waals surface area contributed by atoms with Crippen LogP contribution in [-0.4, -0.2) is 34.2 Å². The highest BCUT2D eigenvalue weighted by Crippen LogP contribution is 2.31. The predicted molar refractivity (Wildman–Crippen MR) is 107 cm³/mol. The van der Waals surface area contributed by atoms with Crippen LogP contribution in [0.3, 0.4) is 0 Å². The van der Waals surface area contributed by atoms with Crippen molar-refractivity contribution in [3.05, 3.63) is 58.6 Å². The van der Waals surface area contributed by atoms with Crippen LogP contribution in [0.25, 0.3) is 0 Å². The molecule has 3 rings (SSSR count). The van der Waals surface area contributed by atoms with E-state index in [1.54, 1.807) is 55.6 Å². The van der Waals surface area contributed by atoms with Gasteiger partial charge < -0.3 is 5.32 Å². The van der Waals surface area contributed by atoms with Crippen molar-refractivity contribution in [2.75, 3.05) is 12.4 Å². The molecule has 2 amide bonds. The van der Waals surface area contributed by atoms with Gasteiger partial charge in [0.05, 0.1) is 5.69 Å². The molecule has 0 bridgehead atoms. The van der Waals surface area contributed by atoms with Crippen LogP contribution in [0.2, 0.25) is 10.0 Å². The largest absolute Gasteiger partial charge is 0.326 e. The molecule has 0 radical (unpaired) electrons. The molecule has 1 aliphatic rings. The van der Waals surface area contributed by atoms with E-state index >= 15 is 0 Å². The van der Waals surface area contributed by atoms with Gasteiger partial charge in [-0.05, 0) is 48.5 Å². The number of hydrogen-bond donors (Lipinski definition) is 1. The number of carbonyl (C=O) groups is 2. The van der Waals surface area contributed by atoms with E-state index in [1.807, 2.05) is 0 Å². The molecule has 1 atom stereocenters. The summed E-state index contributed by atoms with van der Waals surface area (Å²) in [5.41, 5.74) is 1.33. The summed E-state index contributed by atoms with van der Waals surface area (Å²) in [5.74, 6) is -0.381. The molecular formula is C18H15Cl2N3O2S. The highest BCUT2D eigenvalue weighted by Gasteiger charge is 2.36. The normalized spacial score (nSPS) is 18.4. The molecule has 0 spiro atoms. The third-order valence-corrected chi connectivity index (χ3v) is 5.42. The van der Waals surface area contributed by atoms with E-state index in [1.165, 1.54) is 16.7 Å². The maximum absolute atomic E-state index is 12.4. The van der Waals surface area contributed by atoms with Gasteiger partial charge in [0.1, 0.15) is 5.25 Å². The lowest BCUT2D eigenvalue weighted by molar-refractivity contribution is -0.127. The quantitative estimate of drug-likeness (QED) is 0.806. The Kier molecular flexibility index (Phi) is 5.86. The summed E-state index contributed by atoms with van der Waals surface area (Å²) in [6.07, 6.45) is 0.0656. The average molecular weight is 408 g/mol. The summed E-state index contributed by atoms with van der Waals surface area (Å²) in [7, 11) is 1.65. The Morgan fingerprint density at radius 3 is 2.31 bits per heavy atom. The van der Waals surface area contributed by atoms with Crippen molar-refractivity contribution in [2.45, 2.75) is 11.7 Å². The van der Waals surface area contributed by atoms with Crippen LogP contribution < -0.4 is 5.32 Å². The molecule has 0 aromatic heterocycles. The van der Waals surface area contributed by atoms with Crippen LogP contribution in [0, 0.1) is 0 Å². The summed E-state index contributed by atoms with van der Waals surface area (Å²) < 4.78 is 0. The van der Waals surface area contributed by atoms with Crippen molar-refractivity contribution < 1.29 is 9.59 Å². The number of rotatable bonds is 4. The monoisotopic (exact) mass is 407 g/mol. The lowest BCUT2D eigenvalue weighted by Crippen LogP contribution is -2.30. The fraction of sp³-hybridized carbons (Fsp3) is 0.167.